The highest BCUT2D eigenvalue weighted by molar-refractivity contribution is 7.11. The van der Waals surface area contributed by atoms with E-state index in [1.165, 1.54) is 11.3 Å². The Labute approximate surface area is 177 Å². The Morgan fingerprint density at radius 2 is 2.03 bits per heavy atom. The maximum Gasteiger partial charge on any atom is 0.231 e. The molecule has 1 atom stereocenters. The molecule has 1 unspecified atom stereocenters. The molecule has 1 aliphatic heterocycles. The fourth-order valence-electron chi connectivity index (χ4n) is 3.30. The number of nitrogens with one attached hydrogen (secondary N) is 1. The van der Waals surface area contributed by atoms with Gasteiger partial charge in [-0.3, -0.25) is 14.6 Å². The minimum absolute atomic E-state index is 0.0910. The van der Waals surface area contributed by atoms with E-state index in [1.807, 2.05) is 18.2 Å². The molecule has 0 spiro atoms. The lowest BCUT2D eigenvalue weighted by Gasteiger charge is -2.16. The third kappa shape index (κ3) is 5.01. The summed E-state index contributed by atoms with van der Waals surface area (Å²) in [4.78, 5) is 29.7. The molecule has 9 nitrogen and oxygen atoms in total. The van der Waals surface area contributed by atoms with E-state index < -0.39 is 0 Å². The van der Waals surface area contributed by atoms with Gasteiger partial charge in [-0.15, -0.1) is 31.7 Å². The highest BCUT2D eigenvalue weighted by Crippen LogP contribution is 2.31. The zero-order chi connectivity index (χ0) is 20.9. The van der Waals surface area contributed by atoms with E-state index >= 15 is 0 Å². The number of amides is 1. The predicted octanol–water partition coefficient (Wildman–Crippen LogP) is 2.03. The molecule has 1 fully saturated rings. The first-order chi connectivity index (χ1) is 14.6. The molecule has 0 aromatic carbocycles. The molecule has 4 heterocycles. The monoisotopic (exact) mass is 423 g/mol. The summed E-state index contributed by atoms with van der Waals surface area (Å²) in [6.07, 6.45) is 3.13. The van der Waals surface area contributed by atoms with Crippen LogP contribution in [0.4, 0.5) is 11.6 Å². The van der Waals surface area contributed by atoms with E-state index in [9.17, 15) is 9.59 Å². The van der Waals surface area contributed by atoms with Crippen LogP contribution in [0.25, 0.3) is 0 Å². The summed E-state index contributed by atoms with van der Waals surface area (Å²) in [6, 6.07) is 9.07. The van der Waals surface area contributed by atoms with Crippen LogP contribution in [0.5, 0.6) is 0 Å². The standard InChI is InChI=1S/C20H21N7O2S/c1-13(28)10-19-25-26-20(30-19)14-7-9-27(12-14)17-6-5-16(23-24-17)22-18(29)11-15-4-2-3-8-21-15/h2-6,8,14H,7,9-12H2,1H3,(H,22,23,29). The van der Waals surface area contributed by atoms with Crippen LogP contribution in [0, 0.1) is 0 Å². The Hall–Kier alpha value is -3.27. The Morgan fingerprint density at radius 1 is 1.13 bits per heavy atom. The van der Waals surface area contributed by atoms with Crippen molar-refractivity contribution in [3.05, 3.63) is 52.2 Å². The van der Waals surface area contributed by atoms with E-state index in [2.05, 4.69) is 35.6 Å². The number of carbonyl (C=O) groups is 2. The smallest absolute Gasteiger partial charge is 0.231 e. The average molecular weight is 424 g/mol. The van der Waals surface area contributed by atoms with Gasteiger partial charge in [0.1, 0.15) is 15.8 Å². The maximum absolute atomic E-state index is 12.1. The van der Waals surface area contributed by atoms with Crippen LogP contribution in [0.3, 0.4) is 0 Å². The van der Waals surface area contributed by atoms with E-state index in [0.29, 0.717) is 17.9 Å². The van der Waals surface area contributed by atoms with Gasteiger partial charge in [0.25, 0.3) is 0 Å². The first kappa shape index (κ1) is 20.0. The Balaban J connectivity index is 1.32. The SMILES string of the molecule is CC(=O)Cc1nnc(C2CCN(c3ccc(NC(=O)Cc4ccccn4)nn3)C2)s1. The number of rotatable bonds is 7. The van der Waals surface area contributed by atoms with Gasteiger partial charge < -0.3 is 10.2 Å². The van der Waals surface area contributed by atoms with Crippen molar-refractivity contribution < 1.29 is 9.59 Å². The molecule has 1 aliphatic rings. The van der Waals surface area contributed by atoms with Crippen LogP contribution in [0.2, 0.25) is 0 Å². The summed E-state index contributed by atoms with van der Waals surface area (Å²) in [5.74, 6) is 1.34. The number of hydrogen-bond acceptors (Lipinski definition) is 9. The van der Waals surface area contributed by atoms with Gasteiger partial charge in [-0.25, -0.2) is 0 Å². The number of hydrogen-bond donors (Lipinski definition) is 1. The Bertz CT molecular complexity index is 1020. The number of ketones is 1. The molecule has 154 valence electrons. The Morgan fingerprint density at radius 3 is 2.77 bits per heavy atom. The number of nitrogens with zero attached hydrogens (tertiary/aromatic N) is 6. The highest BCUT2D eigenvalue weighted by atomic mass is 32.1. The van der Waals surface area contributed by atoms with Gasteiger partial charge in [0.2, 0.25) is 5.91 Å². The number of anilines is 2. The second kappa shape index (κ2) is 9.04. The van der Waals surface area contributed by atoms with Crippen LogP contribution < -0.4 is 10.2 Å². The van der Waals surface area contributed by atoms with Crippen molar-refractivity contribution in [2.75, 3.05) is 23.3 Å². The summed E-state index contributed by atoms with van der Waals surface area (Å²) < 4.78 is 0. The highest BCUT2D eigenvalue weighted by Gasteiger charge is 2.28. The van der Waals surface area contributed by atoms with Crippen molar-refractivity contribution in [3.8, 4) is 0 Å². The van der Waals surface area contributed by atoms with Crippen molar-refractivity contribution in [3.63, 3.8) is 0 Å². The van der Waals surface area contributed by atoms with Crippen molar-refractivity contribution in [1.29, 1.82) is 0 Å². The van der Waals surface area contributed by atoms with Gasteiger partial charge in [0.05, 0.1) is 12.8 Å². The van der Waals surface area contributed by atoms with E-state index in [0.717, 1.165) is 35.3 Å². The number of pyridine rings is 1. The summed E-state index contributed by atoms with van der Waals surface area (Å²) in [5, 5.41) is 21.2. The lowest BCUT2D eigenvalue weighted by Crippen LogP contribution is -2.21. The third-order valence-corrected chi connectivity index (χ3v) is 5.82. The number of aromatic nitrogens is 5. The van der Waals surface area contributed by atoms with Gasteiger partial charge in [0, 0.05) is 30.9 Å². The fraction of sp³-hybridized carbons (Fsp3) is 0.350. The zero-order valence-corrected chi connectivity index (χ0v) is 17.3. The molecular weight excluding hydrogens is 402 g/mol. The normalized spacial score (nSPS) is 15.9. The van der Waals surface area contributed by atoms with Crippen LogP contribution >= 0.6 is 11.3 Å². The summed E-state index contributed by atoms with van der Waals surface area (Å²) in [5.41, 5.74) is 0.700. The predicted molar refractivity (Wildman–Crippen MR) is 112 cm³/mol. The van der Waals surface area contributed by atoms with E-state index in [-0.39, 0.29) is 24.0 Å². The molecule has 1 saturated heterocycles. The van der Waals surface area contributed by atoms with E-state index in [4.69, 9.17) is 0 Å². The largest absolute Gasteiger partial charge is 0.354 e. The quantitative estimate of drug-likeness (QED) is 0.614. The fourth-order valence-corrected chi connectivity index (χ4v) is 4.34. The summed E-state index contributed by atoms with van der Waals surface area (Å²) in [7, 11) is 0. The molecule has 0 saturated carbocycles. The number of carbonyl (C=O) groups excluding carboxylic acids is 2. The van der Waals surface area contributed by atoms with Gasteiger partial charge in [-0.05, 0) is 37.6 Å². The molecule has 3 aromatic rings. The molecule has 4 rings (SSSR count). The molecule has 30 heavy (non-hydrogen) atoms. The first-order valence-electron chi connectivity index (χ1n) is 9.67. The van der Waals surface area contributed by atoms with Gasteiger partial charge >= 0.3 is 0 Å². The van der Waals surface area contributed by atoms with Crippen LogP contribution in [0.15, 0.2) is 36.5 Å². The molecule has 3 aromatic heterocycles. The van der Waals surface area contributed by atoms with Crippen molar-refractivity contribution in [1.82, 2.24) is 25.4 Å². The van der Waals surface area contributed by atoms with Gasteiger partial charge in [-0.2, -0.15) is 0 Å². The van der Waals surface area contributed by atoms with Crippen LogP contribution in [-0.2, 0) is 22.4 Å². The first-order valence-corrected chi connectivity index (χ1v) is 10.5. The molecule has 0 bridgehead atoms. The molecule has 0 aliphatic carbocycles. The topological polar surface area (TPSA) is 114 Å². The minimum Gasteiger partial charge on any atom is -0.354 e. The van der Waals surface area contributed by atoms with Crippen molar-refractivity contribution >= 4 is 34.7 Å². The van der Waals surface area contributed by atoms with Crippen LogP contribution in [-0.4, -0.2) is 50.2 Å². The third-order valence-electron chi connectivity index (χ3n) is 4.73. The lowest BCUT2D eigenvalue weighted by atomic mass is 10.1. The van der Waals surface area contributed by atoms with Gasteiger partial charge in [-0.1, -0.05) is 6.07 Å². The molecule has 1 amide bonds. The second-order valence-corrected chi connectivity index (χ2v) is 8.26. The summed E-state index contributed by atoms with van der Waals surface area (Å²) in [6.45, 7) is 3.17. The molecule has 1 N–H and O–H groups in total. The van der Waals surface area contributed by atoms with Crippen molar-refractivity contribution in [2.45, 2.75) is 32.1 Å². The van der Waals surface area contributed by atoms with Gasteiger partial charge in [0.15, 0.2) is 11.6 Å². The minimum atomic E-state index is -0.186. The zero-order valence-electron chi connectivity index (χ0n) is 16.5. The molecular formula is C20H21N7O2S. The lowest BCUT2D eigenvalue weighted by molar-refractivity contribution is -0.116. The molecule has 10 heteroatoms. The average Bonchev–Trinajstić information content (AvgIpc) is 3.38. The molecule has 0 radical (unpaired) electrons. The van der Waals surface area contributed by atoms with Crippen LogP contribution in [0.1, 0.15) is 35.0 Å². The van der Waals surface area contributed by atoms with E-state index in [1.54, 1.807) is 25.3 Å². The summed E-state index contributed by atoms with van der Waals surface area (Å²) >= 11 is 1.51. The Kier molecular flexibility index (Phi) is 6.03. The van der Waals surface area contributed by atoms with Crippen molar-refractivity contribution in [2.24, 2.45) is 0 Å². The number of Topliss-reactive ketones (excluding diaryl/α,β-unsaturated/α-hetero) is 1. The maximum atomic E-state index is 12.1. The second-order valence-electron chi connectivity index (χ2n) is 7.17.